The lowest BCUT2D eigenvalue weighted by Gasteiger charge is -2.10. The van der Waals surface area contributed by atoms with Crippen LogP contribution in [-0.4, -0.2) is 29.0 Å². The molecule has 146 valence electrons. The Kier molecular flexibility index (Phi) is 5.16. The smallest absolute Gasteiger partial charge is 0.263 e. The number of benzene rings is 2. The van der Waals surface area contributed by atoms with Gasteiger partial charge in [0.25, 0.3) is 5.91 Å². The summed E-state index contributed by atoms with van der Waals surface area (Å²) in [6.45, 7) is 1.90. The molecule has 0 unspecified atom stereocenters. The summed E-state index contributed by atoms with van der Waals surface area (Å²) in [6, 6.07) is 20.7. The maximum atomic E-state index is 12.6. The van der Waals surface area contributed by atoms with Gasteiger partial charge in [0, 0.05) is 11.8 Å². The number of aromatic nitrogens is 2. The SMILES string of the molecule is COc1ccc(-c2nc3ccc(C)cn3c2NC(=O)COc2ccccc2)cc1. The van der Waals surface area contributed by atoms with Gasteiger partial charge in [-0.2, -0.15) is 0 Å². The fourth-order valence-electron chi connectivity index (χ4n) is 3.05. The van der Waals surface area contributed by atoms with Crippen LogP contribution in [0.5, 0.6) is 11.5 Å². The number of hydrogen-bond acceptors (Lipinski definition) is 4. The van der Waals surface area contributed by atoms with E-state index in [9.17, 15) is 4.79 Å². The summed E-state index contributed by atoms with van der Waals surface area (Å²) < 4.78 is 12.7. The van der Waals surface area contributed by atoms with Crippen LogP contribution in [0.15, 0.2) is 72.9 Å². The van der Waals surface area contributed by atoms with E-state index in [4.69, 9.17) is 14.5 Å². The van der Waals surface area contributed by atoms with Crippen LogP contribution in [0.2, 0.25) is 0 Å². The first-order valence-corrected chi connectivity index (χ1v) is 9.25. The van der Waals surface area contributed by atoms with E-state index >= 15 is 0 Å². The second kappa shape index (κ2) is 8.06. The van der Waals surface area contributed by atoms with Crippen molar-refractivity contribution >= 4 is 17.4 Å². The van der Waals surface area contributed by atoms with Crippen LogP contribution in [0.3, 0.4) is 0 Å². The lowest BCUT2D eigenvalue weighted by atomic mass is 10.1. The number of para-hydroxylation sites is 1. The van der Waals surface area contributed by atoms with Gasteiger partial charge in [0.1, 0.15) is 28.7 Å². The first-order chi connectivity index (χ1) is 14.1. The molecule has 2 aromatic heterocycles. The molecule has 0 saturated carbocycles. The van der Waals surface area contributed by atoms with E-state index in [1.165, 1.54) is 0 Å². The summed E-state index contributed by atoms with van der Waals surface area (Å²) in [7, 11) is 1.63. The number of nitrogens with zero attached hydrogens (tertiary/aromatic N) is 2. The number of carbonyl (C=O) groups excluding carboxylic acids is 1. The van der Waals surface area contributed by atoms with E-state index in [0.717, 1.165) is 22.5 Å². The predicted molar refractivity (Wildman–Crippen MR) is 112 cm³/mol. The molecule has 0 aliphatic rings. The minimum atomic E-state index is -0.257. The monoisotopic (exact) mass is 387 g/mol. The predicted octanol–water partition coefficient (Wildman–Crippen LogP) is 4.34. The molecule has 4 aromatic rings. The van der Waals surface area contributed by atoms with E-state index in [1.807, 2.05) is 84.3 Å². The number of hydrogen-bond donors (Lipinski definition) is 1. The number of ether oxygens (including phenoxy) is 2. The van der Waals surface area contributed by atoms with Crippen molar-refractivity contribution in [2.75, 3.05) is 19.0 Å². The topological polar surface area (TPSA) is 64.9 Å². The quantitative estimate of drug-likeness (QED) is 0.535. The molecule has 0 radical (unpaired) electrons. The Balaban J connectivity index is 1.65. The highest BCUT2D eigenvalue weighted by atomic mass is 16.5. The Morgan fingerprint density at radius 1 is 1.00 bits per heavy atom. The number of nitrogens with one attached hydrogen (secondary N) is 1. The molecule has 6 nitrogen and oxygen atoms in total. The fraction of sp³-hybridized carbons (Fsp3) is 0.130. The van der Waals surface area contributed by atoms with Crippen molar-refractivity contribution in [3.05, 3.63) is 78.5 Å². The van der Waals surface area contributed by atoms with Gasteiger partial charge < -0.3 is 14.8 Å². The lowest BCUT2D eigenvalue weighted by molar-refractivity contribution is -0.118. The summed E-state index contributed by atoms with van der Waals surface area (Å²) >= 11 is 0. The molecule has 0 aliphatic carbocycles. The molecule has 0 saturated heterocycles. The van der Waals surface area contributed by atoms with Crippen molar-refractivity contribution in [2.24, 2.45) is 0 Å². The van der Waals surface area contributed by atoms with Gasteiger partial charge in [-0.1, -0.05) is 24.3 Å². The van der Waals surface area contributed by atoms with Gasteiger partial charge >= 0.3 is 0 Å². The van der Waals surface area contributed by atoms with Crippen molar-refractivity contribution in [3.8, 4) is 22.8 Å². The van der Waals surface area contributed by atoms with Crippen molar-refractivity contribution in [1.29, 1.82) is 0 Å². The third-order valence-corrected chi connectivity index (χ3v) is 4.50. The third-order valence-electron chi connectivity index (χ3n) is 4.50. The maximum absolute atomic E-state index is 12.6. The van der Waals surface area contributed by atoms with Gasteiger partial charge in [0.2, 0.25) is 0 Å². The van der Waals surface area contributed by atoms with Gasteiger partial charge in [-0.15, -0.1) is 0 Å². The average Bonchev–Trinajstić information content (AvgIpc) is 3.10. The molecule has 2 heterocycles. The zero-order chi connectivity index (χ0) is 20.2. The maximum Gasteiger partial charge on any atom is 0.263 e. The number of rotatable bonds is 6. The van der Waals surface area contributed by atoms with E-state index in [1.54, 1.807) is 7.11 Å². The zero-order valence-corrected chi connectivity index (χ0v) is 16.3. The average molecular weight is 387 g/mol. The number of carbonyl (C=O) groups is 1. The molecule has 1 N–H and O–H groups in total. The van der Waals surface area contributed by atoms with Gasteiger partial charge in [0.15, 0.2) is 6.61 Å². The molecule has 0 fully saturated rings. The molecule has 1 amide bonds. The van der Waals surface area contributed by atoms with Crippen LogP contribution in [0.25, 0.3) is 16.9 Å². The largest absolute Gasteiger partial charge is 0.497 e. The summed E-state index contributed by atoms with van der Waals surface area (Å²) in [4.78, 5) is 17.3. The minimum Gasteiger partial charge on any atom is -0.497 e. The van der Waals surface area contributed by atoms with Gasteiger partial charge in [-0.3, -0.25) is 9.20 Å². The number of aryl methyl sites for hydroxylation is 1. The molecule has 0 bridgehead atoms. The van der Waals surface area contributed by atoms with Crippen molar-refractivity contribution in [2.45, 2.75) is 6.92 Å². The van der Waals surface area contributed by atoms with Crippen LogP contribution in [-0.2, 0) is 4.79 Å². The first kappa shape index (κ1) is 18.6. The number of pyridine rings is 1. The first-order valence-electron chi connectivity index (χ1n) is 9.25. The van der Waals surface area contributed by atoms with Crippen LogP contribution in [0.4, 0.5) is 5.82 Å². The van der Waals surface area contributed by atoms with E-state index in [0.29, 0.717) is 17.3 Å². The number of anilines is 1. The highest BCUT2D eigenvalue weighted by Gasteiger charge is 2.17. The fourth-order valence-corrected chi connectivity index (χ4v) is 3.05. The van der Waals surface area contributed by atoms with E-state index < -0.39 is 0 Å². The van der Waals surface area contributed by atoms with Gasteiger partial charge in [0.05, 0.1) is 7.11 Å². The Labute approximate surface area is 168 Å². The second-order valence-corrected chi connectivity index (χ2v) is 6.62. The normalized spacial score (nSPS) is 10.7. The third kappa shape index (κ3) is 4.06. The highest BCUT2D eigenvalue weighted by molar-refractivity contribution is 5.95. The van der Waals surface area contributed by atoms with Crippen molar-refractivity contribution in [3.63, 3.8) is 0 Å². The van der Waals surface area contributed by atoms with Crippen LogP contribution in [0.1, 0.15) is 5.56 Å². The molecule has 0 atom stereocenters. The van der Waals surface area contributed by atoms with Crippen LogP contribution < -0.4 is 14.8 Å². The Hall–Kier alpha value is -3.80. The molecule has 0 spiro atoms. The van der Waals surface area contributed by atoms with E-state index in [2.05, 4.69) is 5.32 Å². The number of fused-ring (bicyclic) bond motifs is 1. The summed E-state index contributed by atoms with van der Waals surface area (Å²) in [5.41, 5.74) is 3.38. The zero-order valence-electron chi connectivity index (χ0n) is 16.3. The molecule has 0 aliphatic heterocycles. The minimum absolute atomic E-state index is 0.0921. The van der Waals surface area contributed by atoms with Crippen LogP contribution >= 0.6 is 0 Å². The number of amides is 1. The van der Waals surface area contributed by atoms with Crippen molar-refractivity contribution in [1.82, 2.24) is 9.38 Å². The molecular formula is C23H21N3O3. The molecule has 29 heavy (non-hydrogen) atoms. The van der Waals surface area contributed by atoms with Crippen molar-refractivity contribution < 1.29 is 14.3 Å². The molecular weight excluding hydrogens is 366 g/mol. The summed E-state index contributed by atoms with van der Waals surface area (Å²) in [5.74, 6) is 1.75. The number of methoxy groups -OCH3 is 1. The van der Waals surface area contributed by atoms with Crippen LogP contribution in [0, 0.1) is 6.92 Å². The van der Waals surface area contributed by atoms with Gasteiger partial charge in [-0.05, 0) is 55.0 Å². The van der Waals surface area contributed by atoms with Gasteiger partial charge in [-0.25, -0.2) is 4.98 Å². The summed E-state index contributed by atoms with van der Waals surface area (Å²) in [6.07, 6.45) is 1.95. The lowest BCUT2D eigenvalue weighted by Crippen LogP contribution is -2.21. The standard InChI is InChI=1S/C23H21N3O3/c1-16-8-13-20-24-22(17-9-11-18(28-2)12-10-17)23(26(20)14-16)25-21(27)15-29-19-6-4-3-5-7-19/h3-14H,15H2,1-2H3,(H,25,27). The Morgan fingerprint density at radius 3 is 2.48 bits per heavy atom. The van der Waals surface area contributed by atoms with E-state index in [-0.39, 0.29) is 12.5 Å². The summed E-state index contributed by atoms with van der Waals surface area (Å²) in [5, 5.41) is 2.96. The Bertz CT molecular complexity index is 1140. The second-order valence-electron chi connectivity index (χ2n) is 6.62. The Morgan fingerprint density at radius 2 is 1.76 bits per heavy atom. The molecule has 6 heteroatoms. The molecule has 2 aromatic carbocycles. The highest BCUT2D eigenvalue weighted by Crippen LogP contribution is 2.30. The molecule has 4 rings (SSSR count). The number of imidazole rings is 1.